The van der Waals surface area contributed by atoms with Gasteiger partial charge in [0.1, 0.15) is 11.5 Å². The molecule has 0 fully saturated rings. The monoisotopic (exact) mass is 394 g/mol. The van der Waals surface area contributed by atoms with Crippen LogP contribution < -0.4 is 4.90 Å². The second-order valence-electron chi connectivity index (χ2n) is 5.27. The van der Waals surface area contributed by atoms with Crippen LogP contribution in [-0.4, -0.2) is 42.6 Å². The molecule has 0 amide bonds. The zero-order valence-corrected chi connectivity index (χ0v) is 13.7. The van der Waals surface area contributed by atoms with E-state index in [1.807, 2.05) is 0 Å². The number of anilines is 1. The summed E-state index contributed by atoms with van der Waals surface area (Å²) in [5.41, 5.74) is 0.568. The Morgan fingerprint density at radius 1 is 1.30 bits per heavy atom. The van der Waals surface area contributed by atoms with Gasteiger partial charge in [0.05, 0.1) is 0 Å². The minimum atomic E-state index is -4.17. The second-order valence-corrected chi connectivity index (χ2v) is 6.02. The molecule has 0 aromatic carbocycles. The summed E-state index contributed by atoms with van der Waals surface area (Å²) in [7, 11) is 0. The largest absolute Gasteiger partial charge is 0.389 e. The van der Waals surface area contributed by atoms with E-state index in [2.05, 4.69) is 36.0 Å². The van der Waals surface area contributed by atoms with Crippen LogP contribution in [0.3, 0.4) is 0 Å². The van der Waals surface area contributed by atoms with Crippen molar-refractivity contribution in [2.24, 2.45) is 0 Å². The first-order chi connectivity index (χ1) is 10.8. The molecular weight excluding hydrogens is 381 g/mol. The molecule has 126 valence electrons. The first-order valence-corrected chi connectivity index (χ1v) is 7.76. The van der Waals surface area contributed by atoms with Crippen LogP contribution in [0.25, 0.3) is 11.5 Å². The van der Waals surface area contributed by atoms with E-state index in [4.69, 9.17) is 0 Å². The van der Waals surface area contributed by atoms with Crippen molar-refractivity contribution < 1.29 is 18.3 Å². The van der Waals surface area contributed by atoms with E-state index in [1.165, 1.54) is 9.58 Å². The lowest BCUT2D eigenvalue weighted by Gasteiger charge is -2.32. The zero-order chi connectivity index (χ0) is 16.8. The highest BCUT2D eigenvalue weighted by molar-refractivity contribution is 9.10. The molecule has 0 aliphatic carbocycles. The molecule has 1 aliphatic heterocycles. The SMILES string of the molecule is Cc1nc2n(n1)C(O)N(CCCCC(F)(F)F)c1nc(Br)[nH]c1-2. The van der Waals surface area contributed by atoms with Crippen molar-refractivity contribution >= 4 is 21.7 Å². The molecule has 0 saturated carbocycles. The van der Waals surface area contributed by atoms with Gasteiger partial charge in [-0.3, -0.25) is 0 Å². The van der Waals surface area contributed by atoms with Gasteiger partial charge in [-0.25, -0.2) is 9.97 Å². The maximum absolute atomic E-state index is 12.2. The summed E-state index contributed by atoms with van der Waals surface area (Å²) >= 11 is 3.23. The van der Waals surface area contributed by atoms with Crippen LogP contribution in [0.15, 0.2) is 4.73 Å². The molecule has 1 atom stereocenters. The average molecular weight is 395 g/mol. The minimum Gasteiger partial charge on any atom is -0.355 e. The Labute approximate surface area is 137 Å². The van der Waals surface area contributed by atoms with Crippen molar-refractivity contribution in [3.8, 4) is 11.5 Å². The summed E-state index contributed by atoms with van der Waals surface area (Å²) in [6.07, 6.45) is -5.92. The van der Waals surface area contributed by atoms with Gasteiger partial charge in [0.25, 0.3) is 0 Å². The van der Waals surface area contributed by atoms with Crippen LogP contribution in [0.4, 0.5) is 19.0 Å². The Morgan fingerprint density at radius 2 is 2.04 bits per heavy atom. The van der Waals surface area contributed by atoms with Crippen molar-refractivity contribution in [2.75, 3.05) is 11.4 Å². The Balaban J connectivity index is 1.81. The van der Waals surface area contributed by atoms with Crippen molar-refractivity contribution in [3.63, 3.8) is 0 Å². The third kappa shape index (κ3) is 3.20. The summed E-state index contributed by atoms with van der Waals surface area (Å²) in [5.74, 6) is 1.36. The van der Waals surface area contributed by atoms with Crippen LogP contribution in [0.1, 0.15) is 31.4 Å². The summed E-state index contributed by atoms with van der Waals surface area (Å²) in [6.45, 7) is 1.91. The van der Waals surface area contributed by atoms with Gasteiger partial charge in [0.15, 0.2) is 16.4 Å². The third-order valence-corrected chi connectivity index (χ3v) is 3.87. The highest BCUT2D eigenvalue weighted by Crippen LogP contribution is 2.38. The number of halogens is 4. The molecule has 0 bridgehead atoms. The van der Waals surface area contributed by atoms with E-state index < -0.39 is 18.9 Å². The van der Waals surface area contributed by atoms with E-state index in [9.17, 15) is 18.3 Å². The lowest BCUT2D eigenvalue weighted by Crippen LogP contribution is -2.38. The highest BCUT2D eigenvalue weighted by Gasteiger charge is 2.35. The number of unbranched alkanes of at least 4 members (excludes halogenated alkanes) is 1. The van der Waals surface area contributed by atoms with Crippen LogP contribution in [-0.2, 0) is 0 Å². The minimum absolute atomic E-state index is 0.0170. The van der Waals surface area contributed by atoms with Crippen molar-refractivity contribution in [2.45, 2.75) is 38.7 Å². The van der Waals surface area contributed by atoms with Crippen LogP contribution >= 0.6 is 15.9 Å². The standard InChI is InChI=1S/C12H14BrF3N6O/c1-6-17-9-7-8(19-10(13)18-7)21(11(23)22(9)20-6)5-3-2-4-12(14,15)16/h11,23H,2-5H2,1H3,(H,18,19). The molecule has 0 radical (unpaired) electrons. The van der Waals surface area contributed by atoms with Gasteiger partial charge in [-0.2, -0.15) is 23.0 Å². The topological polar surface area (TPSA) is 82.9 Å². The molecule has 7 nitrogen and oxygen atoms in total. The van der Waals surface area contributed by atoms with Gasteiger partial charge < -0.3 is 15.0 Å². The number of imidazole rings is 1. The Kier molecular flexibility index (Phi) is 4.08. The number of aromatic amines is 1. The molecule has 2 N–H and O–H groups in total. The number of fused-ring (bicyclic) bond motifs is 3. The van der Waals surface area contributed by atoms with Crippen molar-refractivity contribution in [3.05, 3.63) is 10.6 Å². The smallest absolute Gasteiger partial charge is 0.355 e. The molecule has 23 heavy (non-hydrogen) atoms. The van der Waals surface area contributed by atoms with Crippen LogP contribution in [0.2, 0.25) is 0 Å². The van der Waals surface area contributed by atoms with E-state index in [1.54, 1.807) is 6.92 Å². The lowest BCUT2D eigenvalue weighted by atomic mass is 10.2. The van der Waals surface area contributed by atoms with E-state index in [0.29, 0.717) is 27.9 Å². The molecule has 1 unspecified atom stereocenters. The van der Waals surface area contributed by atoms with E-state index in [0.717, 1.165) is 0 Å². The fourth-order valence-corrected chi connectivity index (χ4v) is 2.90. The summed E-state index contributed by atoms with van der Waals surface area (Å²) in [5, 5.41) is 14.6. The number of aliphatic hydroxyl groups excluding tert-OH is 1. The lowest BCUT2D eigenvalue weighted by molar-refractivity contribution is -0.135. The number of aryl methyl sites for hydroxylation is 1. The molecule has 3 rings (SSSR count). The van der Waals surface area contributed by atoms with Crippen molar-refractivity contribution in [1.29, 1.82) is 0 Å². The average Bonchev–Trinajstić information content (AvgIpc) is 2.99. The normalized spacial score (nSPS) is 17.3. The Hall–Kier alpha value is -1.62. The molecular formula is C12H14BrF3N6O. The third-order valence-electron chi connectivity index (χ3n) is 3.50. The molecule has 0 spiro atoms. The molecule has 11 heteroatoms. The van der Waals surface area contributed by atoms with Crippen LogP contribution in [0, 0.1) is 6.92 Å². The maximum atomic E-state index is 12.2. The predicted molar refractivity (Wildman–Crippen MR) is 78.5 cm³/mol. The highest BCUT2D eigenvalue weighted by atomic mass is 79.9. The second kappa shape index (κ2) is 5.78. The molecule has 0 saturated heterocycles. The quantitative estimate of drug-likeness (QED) is 0.779. The maximum Gasteiger partial charge on any atom is 0.389 e. The van der Waals surface area contributed by atoms with Crippen molar-refractivity contribution in [1.82, 2.24) is 24.7 Å². The van der Waals surface area contributed by atoms with Crippen LogP contribution in [0.5, 0.6) is 0 Å². The molecule has 2 aromatic heterocycles. The number of aromatic nitrogens is 5. The molecule has 3 heterocycles. The number of hydrogen-bond acceptors (Lipinski definition) is 5. The predicted octanol–water partition coefficient (Wildman–Crippen LogP) is 2.74. The Morgan fingerprint density at radius 3 is 2.74 bits per heavy atom. The Bertz CT molecular complexity index is 712. The fraction of sp³-hybridized carbons (Fsp3) is 0.583. The van der Waals surface area contributed by atoms with Gasteiger partial charge in [-0.1, -0.05) is 0 Å². The number of alkyl halides is 3. The summed E-state index contributed by atoms with van der Waals surface area (Å²) in [6, 6.07) is 0. The van der Waals surface area contributed by atoms with Gasteiger partial charge >= 0.3 is 6.18 Å². The fourth-order valence-electron chi connectivity index (χ4n) is 2.53. The number of nitrogens with zero attached hydrogens (tertiary/aromatic N) is 5. The summed E-state index contributed by atoms with van der Waals surface area (Å²) < 4.78 is 38.5. The first-order valence-electron chi connectivity index (χ1n) is 6.97. The zero-order valence-electron chi connectivity index (χ0n) is 12.1. The van der Waals surface area contributed by atoms with Gasteiger partial charge in [-0.05, 0) is 35.7 Å². The molecule has 2 aromatic rings. The van der Waals surface area contributed by atoms with Gasteiger partial charge in [0.2, 0.25) is 6.35 Å². The number of hydrogen-bond donors (Lipinski definition) is 2. The number of aliphatic hydroxyl groups is 1. The number of nitrogens with one attached hydrogen (secondary N) is 1. The molecule has 1 aliphatic rings. The first kappa shape index (κ1) is 16.2. The number of rotatable bonds is 4. The van der Waals surface area contributed by atoms with Gasteiger partial charge in [-0.15, -0.1) is 0 Å². The summed E-state index contributed by atoms with van der Waals surface area (Å²) in [4.78, 5) is 13.0. The van der Waals surface area contributed by atoms with E-state index in [-0.39, 0.29) is 19.4 Å². The van der Waals surface area contributed by atoms with Gasteiger partial charge in [0, 0.05) is 13.0 Å². The number of H-pyrrole nitrogens is 1. The van der Waals surface area contributed by atoms with E-state index >= 15 is 0 Å².